The van der Waals surface area contributed by atoms with Crippen molar-refractivity contribution in [2.45, 2.75) is 70.3 Å². The number of rotatable bonds is 3. The molecule has 5 atom stereocenters. The van der Waals surface area contributed by atoms with Gasteiger partial charge in [0.1, 0.15) is 5.60 Å². The van der Waals surface area contributed by atoms with Crippen LogP contribution < -0.4 is 0 Å². The van der Waals surface area contributed by atoms with Gasteiger partial charge in [0, 0.05) is 28.9 Å². The highest BCUT2D eigenvalue weighted by Gasteiger charge is 2.62. The number of nitrogens with zero attached hydrogens (tertiary/aromatic N) is 1. The Kier molecular flexibility index (Phi) is 6.21. The molecule has 2 fully saturated rings. The molecule has 0 spiro atoms. The van der Waals surface area contributed by atoms with E-state index in [1.165, 1.54) is 16.7 Å². The maximum Gasteiger partial charge on any atom is 0.193 e. The zero-order valence-electron chi connectivity index (χ0n) is 22.6. The minimum absolute atomic E-state index is 0.0707. The van der Waals surface area contributed by atoms with Gasteiger partial charge in [-0.05, 0) is 104 Å². The summed E-state index contributed by atoms with van der Waals surface area (Å²) in [5.74, 6) is 7.20. The van der Waals surface area contributed by atoms with Crippen LogP contribution in [-0.2, 0) is 4.79 Å². The lowest BCUT2D eigenvalue weighted by atomic mass is 9.51. The molecule has 0 saturated heterocycles. The number of carbonyl (C=O) groups is 2. The number of allylic oxidation sites excluding steroid dienone is 4. The first-order chi connectivity index (χ1) is 18.8. The van der Waals surface area contributed by atoms with Gasteiger partial charge in [-0.3, -0.25) is 9.59 Å². The van der Waals surface area contributed by atoms with Gasteiger partial charge in [-0.1, -0.05) is 42.7 Å². The van der Waals surface area contributed by atoms with E-state index >= 15 is 0 Å². The van der Waals surface area contributed by atoms with Crippen LogP contribution in [0, 0.1) is 40.4 Å². The van der Waals surface area contributed by atoms with E-state index in [9.17, 15) is 14.7 Å². The molecule has 4 aliphatic carbocycles. The Morgan fingerprint density at radius 3 is 2.36 bits per heavy atom. The number of aliphatic hydroxyl groups is 1. The topological polar surface area (TPSA) is 78.2 Å². The van der Waals surface area contributed by atoms with Gasteiger partial charge in [0.2, 0.25) is 0 Å². The summed E-state index contributed by atoms with van der Waals surface area (Å²) in [6, 6.07) is 16.8. The number of nitriles is 1. The average molecular weight is 516 g/mol. The van der Waals surface area contributed by atoms with Gasteiger partial charge < -0.3 is 5.11 Å². The summed E-state index contributed by atoms with van der Waals surface area (Å²) >= 11 is 0. The van der Waals surface area contributed by atoms with E-state index in [1.807, 2.05) is 25.1 Å². The summed E-state index contributed by atoms with van der Waals surface area (Å²) in [5.41, 5.74) is 5.54. The summed E-state index contributed by atoms with van der Waals surface area (Å²) in [4.78, 5) is 25.4. The smallest absolute Gasteiger partial charge is 0.193 e. The Balaban J connectivity index is 1.42. The van der Waals surface area contributed by atoms with Gasteiger partial charge in [-0.2, -0.15) is 5.26 Å². The van der Waals surface area contributed by atoms with Gasteiger partial charge in [-0.15, -0.1) is 5.92 Å². The van der Waals surface area contributed by atoms with Crippen molar-refractivity contribution in [2.75, 3.05) is 0 Å². The van der Waals surface area contributed by atoms with Crippen LogP contribution in [0.1, 0.15) is 91.8 Å². The number of carbonyl (C=O) groups excluding carboxylic acids is 2. The first-order valence-corrected chi connectivity index (χ1v) is 14.1. The van der Waals surface area contributed by atoms with E-state index in [2.05, 4.69) is 37.0 Å². The molecule has 2 aromatic carbocycles. The monoisotopic (exact) mass is 515 g/mol. The molecule has 0 radical (unpaired) electrons. The SMILES string of the molecule is CC#C[C@@]1(O)CC[C@H]2[C@@H]3CCC4=CC(=O)CCC4=C3[C@@H](c3ccc(C(=O)c4ccc(C#N)cc4)cc3)C[C@@]21C. The van der Waals surface area contributed by atoms with Crippen molar-refractivity contribution in [2.24, 2.45) is 17.3 Å². The summed E-state index contributed by atoms with van der Waals surface area (Å²) in [5, 5.41) is 20.9. The van der Waals surface area contributed by atoms with E-state index in [1.54, 1.807) is 24.3 Å². The second-order valence-electron chi connectivity index (χ2n) is 11.9. The molecule has 0 bridgehead atoms. The van der Waals surface area contributed by atoms with Crippen molar-refractivity contribution in [3.05, 3.63) is 93.6 Å². The molecular formula is C35H33NO3. The number of hydrogen-bond acceptors (Lipinski definition) is 4. The van der Waals surface area contributed by atoms with Crippen molar-refractivity contribution < 1.29 is 14.7 Å². The van der Waals surface area contributed by atoms with Crippen LogP contribution in [0.5, 0.6) is 0 Å². The molecule has 4 heteroatoms. The molecule has 4 aliphatic rings. The van der Waals surface area contributed by atoms with Crippen molar-refractivity contribution >= 4 is 11.6 Å². The van der Waals surface area contributed by atoms with Crippen LogP contribution in [0.3, 0.4) is 0 Å². The number of benzene rings is 2. The Hall–Kier alpha value is -3.73. The Labute approximate surface area is 230 Å². The van der Waals surface area contributed by atoms with Gasteiger partial charge in [0.05, 0.1) is 11.6 Å². The first kappa shape index (κ1) is 25.5. The molecule has 6 rings (SSSR count). The predicted molar refractivity (Wildman–Crippen MR) is 150 cm³/mol. The minimum Gasteiger partial charge on any atom is -0.377 e. The molecule has 0 aromatic heterocycles. The van der Waals surface area contributed by atoms with E-state index in [0.29, 0.717) is 41.4 Å². The lowest BCUT2D eigenvalue weighted by Crippen LogP contribution is -2.51. The minimum atomic E-state index is -1.01. The third-order valence-corrected chi connectivity index (χ3v) is 10.1. The van der Waals surface area contributed by atoms with Crippen molar-refractivity contribution in [3.63, 3.8) is 0 Å². The fourth-order valence-electron chi connectivity index (χ4n) is 8.11. The number of hydrogen-bond donors (Lipinski definition) is 1. The highest BCUT2D eigenvalue weighted by molar-refractivity contribution is 6.09. The highest BCUT2D eigenvalue weighted by Crippen LogP contribution is 2.66. The summed E-state index contributed by atoms with van der Waals surface area (Å²) < 4.78 is 0. The highest BCUT2D eigenvalue weighted by atomic mass is 16.3. The second-order valence-corrected chi connectivity index (χ2v) is 11.9. The molecular weight excluding hydrogens is 482 g/mol. The van der Waals surface area contributed by atoms with Gasteiger partial charge in [-0.25, -0.2) is 0 Å². The Morgan fingerprint density at radius 1 is 1.00 bits per heavy atom. The maximum atomic E-state index is 13.2. The molecule has 0 aliphatic heterocycles. The van der Waals surface area contributed by atoms with Crippen LogP contribution in [0.4, 0.5) is 0 Å². The lowest BCUT2D eigenvalue weighted by molar-refractivity contribution is -0.114. The average Bonchev–Trinajstić information content (AvgIpc) is 3.22. The van der Waals surface area contributed by atoms with Gasteiger partial charge >= 0.3 is 0 Å². The lowest BCUT2D eigenvalue weighted by Gasteiger charge is -2.53. The quantitative estimate of drug-likeness (QED) is 0.377. The normalized spacial score (nSPS) is 31.2. The fraction of sp³-hybridized carbons (Fsp3) is 0.400. The maximum absolute atomic E-state index is 13.2. The molecule has 2 aromatic rings. The molecule has 1 N–H and O–H groups in total. The summed E-state index contributed by atoms with van der Waals surface area (Å²) in [6.07, 6.45) is 7.61. The third-order valence-electron chi connectivity index (χ3n) is 10.1. The van der Waals surface area contributed by atoms with Crippen LogP contribution in [0.15, 0.2) is 71.3 Å². The summed E-state index contributed by atoms with van der Waals surface area (Å²) in [6.45, 7) is 4.05. The Bertz CT molecular complexity index is 1530. The van der Waals surface area contributed by atoms with Gasteiger partial charge in [0.25, 0.3) is 0 Å². The van der Waals surface area contributed by atoms with Gasteiger partial charge in [0.15, 0.2) is 11.6 Å². The molecule has 4 nitrogen and oxygen atoms in total. The Morgan fingerprint density at radius 2 is 1.69 bits per heavy atom. The van der Waals surface area contributed by atoms with E-state index < -0.39 is 5.60 Å². The molecule has 2 saturated carbocycles. The predicted octanol–water partition coefficient (Wildman–Crippen LogP) is 6.44. The van der Waals surface area contributed by atoms with Crippen molar-refractivity contribution in [3.8, 4) is 17.9 Å². The molecule has 0 heterocycles. The van der Waals surface area contributed by atoms with Crippen LogP contribution in [0.25, 0.3) is 0 Å². The zero-order chi connectivity index (χ0) is 27.4. The largest absolute Gasteiger partial charge is 0.377 e. The number of ketones is 2. The van der Waals surface area contributed by atoms with Crippen molar-refractivity contribution in [1.82, 2.24) is 0 Å². The van der Waals surface area contributed by atoms with Crippen LogP contribution in [-0.4, -0.2) is 22.3 Å². The van der Waals surface area contributed by atoms with Crippen LogP contribution in [0.2, 0.25) is 0 Å². The molecule has 0 unspecified atom stereocenters. The molecule has 39 heavy (non-hydrogen) atoms. The van der Waals surface area contributed by atoms with Crippen molar-refractivity contribution in [1.29, 1.82) is 5.26 Å². The van der Waals surface area contributed by atoms with Crippen LogP contribution >= 0.6 is 0 Å². The summed E-state index contributed by atoms with van der Waals surface area (Å²) in [7, 11) is 0. The van der Waals surface area contributed by atoms with E-state index in [-0.39, 0.29) is 22.9 Å². The fourth-order valence-corrected chi connectivity index (χ4v) is 8.11. The molecule has 196 valence electrons. The molecule has 0 amide bonds. The first-order valence-electron chi connectivity index (χ1n) is 14.1. The number of fused-ring (bicyclic) bond motifs is 4. The second kappa shape index (κ2) is 9.48. The third kappa shape index (κ3) is 4.02. The standard InChI is InChI=1S/C35H33NO3/c1-3-17-35(39)18-16-31-29-14-12-26-19-27(37)13-15-28(26)32(29)30(20-34(31,35)2)23-8-10-25(11-9-23)33(38)24-6-4-22(21-36)5-7-24/h4-11,19,29-31,39H,12-16,18,20H2,1-2H3/t29-,30+,31-,34-,35+/m0/s1. The van der Waals surface area contributed by atoms with E-state index in [4.69, 9.17) is 5.26 Å². The zero-order valence-corrected chi connectivity index (χ0v) is 22.6. The van der Waals surface area contributed by atoms with E-state index in [0.717, 1.165) is 37.7 Å².